The summed E-state index contributed by atoms with van der Waals surface area (Å²) < 4.78 is 3.63. The zero-order chi connectivity index (χ0) is 10.8. The van der Waals surface area contributed by atoms with Gasteiger partial charge in [-0.15, -0.1) is 0 Å². The van der Waals surface area contributed by atoms with E-state index in [2.05, 4.69) is 39.6 Å². The van der Waals surface area contributed by atoms with Crippen LogP contribution in [0.2, 0.25) is 14.8 Å². The van der Waals surface area contributed by atoms with Crippen molar-refractivity contribution in [2.24, 2.45) is 7.05 Å². The van der Waals surface area contributed by atoms with Gasteiger partial charge in [0.15, 0.2) is 0 Å². The summed E-state index contributed by atoms with van der Waals surface area (Å²) in [7, 11) is 2.12. The SMILES string of the molecule is CCCCc1n[c]([Sn]([CH3])([CH3])[CH3])cn1C. The minimum atomic E-state index is -1.92. The van der Waals surface area contributed by atoms with E-state index in [9.17, 15) is 0 Å². The molecule has 2 nitrogen and oxygen atoms in total. The molecule has 1 aromatic rings. The van der Waals surface area contributed by atoms with E-state index in [0.29, 0.717) is 0 Å². The Balaban J connectivity index is 2.82. The Hall–Kier alpha value is 0.00870. The van der Waals surface area contributed by atoms with Crippen molar-refractivity contribution in [1.82, 2.24) is 9.55 Å². The molecule has 0 spiro atoms. The third-order valence-corrected chi connectivity index (χ3v) is 7.57. The van der Waals surface area contributed by atoms with Gasteiger partial charge in [-0.25, -0.2) is 0 Å². The van der Waals surface area contributed by atoms with E-state index in [1.54, 1.807) is 0 Å². The van der Waals surface area contributed by atoms with Crippen LogP contribution in [0.1, 0.15) is 25.6 Å². The number of hydrogen-bond acceptors (Lipinski definition) is 1. The second-order valence-corrected chi connectivity index (χ2v) is 19.3. The number of aryl methyl sites for hydroxylation is 2. The zero-order valence-electron chi connectivity index (χ0n) is 10.1. The summed E-state index contributed by atoms with van der Waals surface area (Å²) in [6, 6.07) is 0. The van der Waals surface area contributed by atoms with Gasteiger partial charge in [0.1, 0.15) is 0 Å². The molecule has 0 saturated carbocycles. The van der Waals surface area contributed by atoms with Gasteiger partial charge in [-0.05, 0) is 0 Å². The van der Waals surface area contributed by atoms with Crippen molar-refractivity contribution >= 4 is 22.1 Å². The quantitative estimate of drug-likeness (QED) is 0.780. The molecule has 0 aliphatic heterocycles. The summed E-state index contributed by atoms with van der Waals surface area (Å²) in [6.45, 7) is 2.23. The van der Waals surface area contributed by atoms with E-state index in [1.165, 1.54) is 22.4 Å². The average molecular weight is 301 g/mol. The molecule has 0 N–H and O–H groups in total. The van der Waals surface area contributed by atoms with Crippen LogP contribution in [0.25, 0.3) is 0 Å². The Morgan fingerprint density at radius 2 is 2.00 bits per heavy atom. The molecule has 0 radical (unpaired) electrons. The number of rotatable bonds is 4. The first kappa shape index (κ1) is 12.1. The molecular formula is C11H22N2Sn. The number of nitrogens with zero attached hydrogens (tertiary/aromatic N) is 2. The third kappa shape index (κ3) is 3.00. The zero-order valence-corrected chi connectivity index (χ0v) is 12.9. The molecule has 0 bridgehead atoms. The van der Waals surface area contributed by atoms with Gasteiger partial charge < -0.3 is 0 Å². The van der Waals surface area contributed by atoms with Crippen molar-refractivity contribution in [2.75, 3.05) is 0 Å². The Labute approximate surface area is 91.6 Å². The van der Waals surface area contributed by atoms with Gasteiger partial charge in [0.2, 0.25) is 0 Å². The fourth-order valence-electron chi connectivity index (χ4n) is 1.43. The van der Waals surface area contributed by atoms with Gasteiger partial charge in [-0.1, -0.05) is 0 Å². The summed E-state index contributed by atoms with van der Waals surface area (Å²) in [4.78, 5) is 12.0. The second-order valence-electron chi connectivity index (χ2n) is 5.01. The van der Waals surface area contributed by atoms with Crippen molar-refractivity contribution in [1.29, 1.82) is 0 Å². The number of imidazole rings is 1. The van der Waals surface area contributed by atoms with Crippen LogP contribution in [-0.4, -0.2) is 27.9 Å². The summed E-state index contributed by atoms with van der Waals surface area (Å²) >= 11 is -1.92. The Kier molecular flexibility index (Phi) is 4.04. The number of unbranched alkanes of at least 4 members (excludes halogenated alkanes) is 1. The molecule has 80 valence electrons. The normalized spacial score (nSPS) is 12.1. The molecule has 3 heteroatoms. The van der Waals surface area contributed by atoms with Crippen LogP contribution in [0.15, 0.2) is 6.20 Å². The van der Waals surface area contributed by atoms with Crippen LogP contribution < -0.4 is 3.71 Å². The van der Waals surface area contributed by atoms with Gasteiger partial charge in [-0.3, -0.25) is 0 Å². The molecule has 0 atom stereocenters. The van der Waals surface area contributed by atoms with Crippen LogP contribution in [0.4, 0.5) is 0 Å². The molecule has 14 heavy (non-hydrogen) atoms. The molecule has 0 amide bonds. The van der Waals surface area contributed by atoms with Crippen LogP contribution in [-0.2, 0) is 13.5 Å². The topological polar surface area (TPSA) is 17.8 Å². The monoisotopic (exact) mass is 302 g/mol. The maximum absolute atomic E-state index is 4.77. The number of hydrogen-bond donors (Lipinski definition) is 0. The average Bonchev–Trinajstić information content (AvgIpc) is 2.43. The van der Waals surface area contributed by atoms with E-state index in [0.717, 1.165) is 6.42 Å². The predicted octanol–water partition coefficient (Wildman–Crippen LogP) is 2.31. The number of aromatic nitrogens is 2. The standard InChI is InChI=1S/C8H13N2.3CH3.Sn/c1-3-4-5-8-9-6-7-10(8)2;;;;/h7H,3-5H2,1-2H3;3*1H3;. The Bertz CT molecular complexity index is 297. The summed E-state index contributed by atoms with van der Waals surface area (Å²) in [5.41, 5.74) is 0. The van der Waals surface area contributed by atoms with Gasteiger partial charge >= 0.3 is 91.7 Å². The van der Waals surface area contributed by atoms with Crippen molar-refractivity contribution in [3.05, 3.63) is 12.0 Å². The van der Waals surface area contributed by atoms with Gasteiger partial charge in [-0.2, -0.15) is 0 Å². The first-order valence-corrected chi connectivity index (χ1v) is 15.5. The molecule has 1 aromatic heterocycles. The van der Waals surface area contributed by atoms with Crippen molar-refractivity contribution in [2.45, 2.75) is 41.0 Å². The summed E-state index contributed by atoms with van der Waals surface area (Å²) in [6.07, 6.45) is 5.89. The molecule has 0 aliphatic rings. The molecule has 0 aliphatic carbocycles. The molecule has 0 unspecified atom stereocenters. The Morgan fingerprint density at radius 1 is 1.36 bits per heavy atom. The fraction of sp³-hybridized carbons (Fsp3) is 0.727. The minimum absolute atomic E-state index is 1.13. The first-order valence-electron chi connectivity index (χ1n) is 5.48. The van der Waals surface area contributed by atoms with E-state index < -0.39 is 18.4 Å². The molecular weight excluding hydrogens is 279 g/mol. The van der Waals surface area contributed by atoms with Gasteiger partial charge in [0.25, 0.3) is 0 Å². The first-order chi connectivity index (χ1) is 6.45. The molecule has 1 heterocycles. The van der Waals surface area contributed by atoms with Crippen LogP contribution >= 0.6 is 0 Å². The van der Waals surface area contributed by atoms with Gasteiger partial charge in [0, 0.05) is 0 Å². The van der Waals surface area contributed by atoms with Crippen LogP contribution in [0.5, 0.6) is 0 Å². The van der Waals surface area contributed by atoms with Crippen LogP contribution in [0.3, 0.4) is 0 Å². The predicted molar refractivity (Wildman–Crippen MR) is 64.8 cm³/mol. The second kappa shape index (κ2) is 4.69. The molecule has 0 aromatic carbocycles. The van der Waals surface area contributed by atoms with E-state index in [-0.39, 0.29) is 0 Å². The molecule has 0 saturated heterocycles. The van der Waals surface area contributed by atoms with Gasteiger partial charge in [0.05, 0.1) is 0 Å². The van der Waals surface area contributed by atoms with E-state index in [4.69, 9.17) is 4.98 Å². The summed E-state index contributed by atoms with van der Waals surface area (Å²) in [5.74, 6) is 1.27. The van der Waals surface area contributed by atoms with E-state index >= 15 is 0 Å². The fourth-order valence-corrected chi connectivity index (χ4v) is 4.42. The Morgan fingerprint density at radius 3 is 2.43 bits per heavy atom. The molecule has 0 fully saturated rings. The van der Waals surface area contributed by atoms with Crippen molar-refractivity contribution in [3.63, 3.8) is 0 Å². The molecule has 1 rings (SSSR count). The third-order valence-electron chi connectivity index (χ3n) is 2.49. The van der Waals surface area contributed by atoms with Crippen LogP contribution in [0, 0.1) is 0 Å². The summed E-state index contributed by atoms with van der Waals surface area (Å²) in [5, 5.41) is 0. The van der Waals surface area contributed by atoms with Crippen molar-refractivity contribution < 1.29 is 0 Å². The maximum atomic E-state index is 4.77. The van der Waals surface area contributed by atoms with E-state index in [1.807, 2.05) is 0 Å². The van der Waals surface area contributed by atoms with Crippen molar-refractivity contribution in [3.8, 4) is 0 Å².